The number of nitrogens with two attached hydrogens (primary N) is 1. The lowest BCUT2D eigenvalue weighted by atomic mass is 10.0. The zero-order valence-electron chi connectivity index (χ0n) is 10.8. The van der Waals surface area contributed by atoms with E-state index in [1.165, 1.54) is 0 Å². The number of rotatable bonds is 4. The van der Waals surface area contributed by atoms with Gasteiger partial charge in [-0.1, -0.05) is 11.6 Å². The first kappa shape index (κ1) is 13.2. The van der Waals surface area contributed by atoms with Crippen LogP contribution in [0.3, 0.4) is 0 Å². The fourth-order valence-corrected chi connectivity index (χ4v) is 2.64. The molecule has 1 aromatic heterocycles. The van der Waals surface area contributed by atoms with Crippen LogP contribution in [-0.2, 0) is 19.4 Å². The maximum Gasteiger partial charge on any atom is 0.202 e. The molecule has 4 nitrogen and oxygen atoms in total. The number of carbonyl (C=O) groups is 1. The quantitative estimate of drug-likeness (QED) is 0.880. The summed E-state index contributed by atoms with van der Waals surface area (Å²) in [5.74, 6) is 1.59. The van der Waals surface area contributed by atoms with Crippen LogP contribution in [0.1, 0.15) is 27.4 Å². The van der Waals surface area contributed by atoms with Crippen LogP contribution < -0.4 is 10.5 Å². The summed E-state index contributed by atoms with van der Waals surface area (Å²) in [5, 5.41) is 0.624. The lowest BCUT2D eigenvalue weighted by Gasteiger charge is -2.07. The minimum Gasteiger partial charge on any atom is -0.493 e. The van der Waals surface area contributed by atoms with Gasteiger partial charge in [0.15, 0.2) is 5.76 Å². The third-order valence-corrected chi connectivity index (χ3v) is 3.53. The zero-order chi connectivity index (χ0) is 14.1. The van der Waals surface area contributed by atoms with Gasteiger partial charge in [0.25, 0.3) is 0 Å². The normalized spacial score (nSPS) is 13.1. The smallest absolute Gasteiger partial charge is 0.202 e. The molecule has 0 fully saturated rings. The molecule has 0 aliphatic carbocycles. The Morgan fingerprint density at radius 2 is 2.20 bits per heavy atom. The second kappa shape index (κ2) is 5.31. The van der Waals surface area contributed by atoms with Gasteiger partial charge in [-0.15, -0.1) is 0 Å². The van der Waals surface area contributed by atoms with E-state index in [9.17, 15) is 4.79 Å². The summed E-state index contributed by atoms with van der Waals surface area (Å²) < 4.78 is 11.0. The SMILES string of the molecule is NCc1ccc(C(=O)Cc2cc(Cl)cc3c2OCC3)o1. The molecule has 1 aromatic carbocycles. The molecule has 3 rings (SSSR count). The van der Waals surface area contributed by atoms with Crippen LogP contribution in [0, 0.1) is 0 Å². The molecule has 0 spiro atoms. The van der Waals surface area contributed by atoms with Crippen LogP contribution in [0.15, 0.2) is 28.7 Å². The Hall–Kier alpha value is -1.78. The fraction of sp³-hybridized carbons (Fsp3) is 0.267. The van der Waals surface area contributed by atoms with Gasteiger partial charge < -0.3 is 14.9 Å². The second-order valence-electron chi connectivity index (χ2n) is 4.72. The first-order valence-electron chi connectivity index (χ1n) is 6.43. The third-order valence-electron chi connectivity index (χ3n) is 3.31. The van der Waals surface area contributed by atoms with Crippen LogP contribution >= 0.6 is 11.6 Å². The lowest BCUT2D eigenvalue weighted by molar-refractivity contribution is 0.0964. The van der Waals surface area contributed by atoms with Gasteiger partial charge in [-0.25, -0.2) is 0 Å². The predicted molar refractivity (Wildman–Crippen MR) is 75.3 cm³/mol. The number of carbonyl (C=O) groups excluding carboxylic acids is 1. The third kappa shape index (κ3) is 2.44. The van der Waals surface area contributed by atoms with E-state index in [0.717, 1.165) is 23.3 Å². The van der Waals surface area contributed by atoms with Crippen LogP contribution in [0.25, 0.3) is 0 Å². The Balaban J connectivity index is 1.86. The maximum absolute atomic E-state index is 12.2. The predicted octanol–water partition coefficient (Wildman–Crippen LogP) is 2.75. The standard InChI is InChI=1S/C15H14ClNO3/c16-11-5-9-3-4-19-15(9)10(6-11)7-13(18)14-2-1-12(8-17)20-14/h1-2,5-6H,3-4,7-8,17H2. The van der Waals surface area contributed by atoms with E-state index in [4.69, 9.17) is 26.5 Å². The second-order valence-corrected chi connectivity index (χ2v) is 5.16. The highest BCUT2D eigenvalue weighted by Crippen LogP contribution is 2.33. The molecule has 104 valence electrons. The number of ether oxygens (including phenoxy) is 1. The number of ketones is 1. The van der Waals surface area contributed by atoms with Crippen molar-refractivity contribution in [2.45, 2.75) is 19.4 Å². The summed E-state index contributed by atoms with van der Waals surface area (Å²) in [6.07, 6.45) is 1.04. The fourth-order valence-electron chi connectivity index (χ4n) is 2.37. The van der Waals surface area contributed by atoms with Crippen molar-refractivity contribution in [3.05, 3.63) is 51.9 Å². The molecular formula is C15H14ClNO3. The van der Waals surface area contributed by atoms with Gasteiger partial charge >= 0.3 is 0 Å². The Morgan fingerprint density at radius 3 is 2.95 bits per heavy atom. The summed E-state index contributed by atoms with van der Waals surface area (Å²) in [6.45, 7) is 0.915. The maximum atomic E-state index is 12.2. The van der Waals surface area contributed by atoms with E-state index in [2.05, 4.69) is 0 Å². The van der Waals surface area contributed by atoms with Crippen molar-refractivity contribution < 1.29 is 13.9 Å². The van der Waals surface area contributed by atoms with Crippen LogP contribution in [0.5, 0.6) is 5.75 Å². The van der Waals surface area contributed by atoms with E-state index in [-0.39, 0.29) is 18.7 Å². The molecule has 20 heavy (non-hydrogen) atoms. The van der Waals surface area contributed by atoms with Gasteiger partial charge in [0.2, 0.25) is 5.78 Å². The van der Waals surface area contributed by atoms with E-state index in [1.807, 2.05) is 6.07 Å². The molecular weight excluding hydrogens is 278 g/mol. The molecule has 1 aliphatic heterocycles. The molecule has 5 heteroatoms. The highest BCUT2D eigenvalue weighted by molar-refractivity contribution is 6.30. The average molecular weight is 292 g/mol. The molecule has 2 N–H and O–H groups in total. The molecule has 2 aromatic rings. The molecule has 0 amide bonds. The molecule has 0 atom stereocenters. The Morgan fingerprint density at radius 1 is 1.35 bits per heavy atom. The van der Waals surface area contributed by atoms with E-state index < -0.39 is 0 Å². The monoisotopic (exact) mass is 291 g/mol. The molecule has 2 heterocycles. The van der Waals surface area contributed by atoms with Gasteiger partial charge in [0.1, 0.15) is 11.5 Å². The molecule has 0 saturated carbocycles. The summed E-state index contributed by atoms with van der Waals surface area (Å²) in [7, 11) is 0. The van der Waals surface area contributed by atoms with Gasteiger partial charge in [-0.05, 0) is 29.8 Å². The van der Waals surface area contributed by atoms with E-state index >= 15 is 0 Å². The number of hydrogen-bond donors (Lipinski definition) is 1. The molecule has 0 saturated heterocycles. The minimum absolute atomic E-state index is 0.107. The highest BCUT2D eigenvalue weighted by atomic mass is 35.5. The van der Waals surface area contributed by atoms with Gasteiger partial charge in [0, 0.05) is 23.4 Å². The van der Waals surface area contributed by atoms with Crippen molar-refractivity contribution in [1.29, 1.82) is 0 Å². The van der Waals surface area contributed by atoms with Crippen molar-refractivity contribution in [3.63, 3.8) is 0 Å². The summed E-state index contributed by atoms with van der Waals surface area (Å²) in [4.78, 5) is 12.2. The lowest BCUT2D eigenvalue weighted by Crippen LogP contribution is -2.04. The Kier molecular flexibility index (Phi) is 3.51. The van der Waals surface area contributed by atoms with E-state index in [1.54, 1.807) is 18.2 Å². The molecule has 0 radical (unpaired) electrons. The zero-order valence-corrected chi connectivity index (χ0v) is 11.6. The number of furan rings is 1. The summed E-state index contributed by atoms with van der Waals surface area (Å²) in [5.41, 5.74) is 7.33. The number of hydrogen-bond acceptors (Lipinski definition) is 4. The minimum atomic E-state index is -0.107. The van der Waals surface area contributed by atoms with Gasteiger partial charge in [-0.3, -0.25) is 4.79 Å². The first-order chi connectivity index (χ1) is 9.67. The largest absolute Gasteiger partial charge is 0.493 e. The average Bonchev–Trinajstić information content (AvgIpc) is 3.06. The summed E-state index contributed by atoms with van der Waals surface area (Å²) in [6, 6.07) is 7.02. The summed E-state index contributed by atoms with van der Waals surface area (Å²) >= 11 is 6.08. The van der Waals surface area contributed by atoms with Crippen molar-refractivity contribution in [3.8, 4) is 5.75 Å². The molecule has 0 bridgehead atoms. The number of halogens is 1. The topological polar surface area (TPSA) is 65.5 Å². The van der Waals surface area contributed by atoms with Crippen LogP contribution in [0.4, 0.5) is 0 Å². The van der Waals surface area contributed by atoms with Gasteiger partial charge in [-0.2, -0.15) is 0 Å². The van der Waals surface area contributed by atoms with Gasteiger partial charge in [0.05, 0.1) is 13.2 Å². The Labute approximate surface area is 121 Å². The van der Waals surface area contributed by atoms with Crippen molar-refractivity contribution >= 4 is 17.4 Å². The number of Topliss-reactive ketones (excluding diaryl/α,β-unsaturated/α-hetero) is 1. The van der Waals surface area contributed by atoms with Crippen molar-refractivity contribution in [2.24, 2.45) is 5.73 Å². The van der Waals surface area contributed by atoms with Crippen molar-refractivity contribution in [1.82, 2.24) is 0 Å². The number of benzene rings is 1. The Bertz CT molecular complexity index is 663. The highest BCUT2D eigenvalue weighted by Gasteiger charge is 2.21. The molecule has 1 aliphatic rings. The van der Waals surface area contributed by atoms with Crippen molar-refractivity contribution in [2.75, 3.05) is 6.61 Å². The molecule has 0 unspecified atom stereocenters. The first-order valence-corrected chi connectivity index (χ1v) is 6.81. The van der Waals surface area contributed by atoms with Crippen LogP contribution in [-0.4, -0.2) is 12.4 Å². The number of fused-ring (bicyclic) bond motifs is 1. The van der Waals surface area contributed by atoms with E-state index in [0.29, 0.717) is 23.2 Å². The van der Waals surface area contributed by atoms with Crippen LogP contribution in [0.2, 0.25) is 5.02 Å².